The summed E-state index contributed by atoms with van der Waals surface area (Å²) in [5.74, 6) is -0.283. The molecule has 3 nitrogen and oxygen atoms in total. The smallest absolute Gasteiger partial charge is 0.347 e. The minimum Gasteiger partial charge on any atom is -0.465 e. The standard InChI is InChI=1S/C20H21IO3/c1-15(16-9-5-3-6-10-16)13-14-18(22)19(20(23)24-2)21-17-11-7-4-8-12-17/h3-12,15H,13-14H2,1-2H3/t15-/m1/s1. The van der Waals surface area contributed by atoms with Crippen molar-refractivity contribution in [2.24, 2.45) is 0 Å². The van der Waals surface area contributed by atoms with Crippen LogP contribution in [-0.4, -0.2) is 22.4 Å². The van der Waals surface area contributed by atoms with Crippen LogP contribution < -0.4 is 0 Å². The lowest BCUT2D eigenvalue weighted by Crippen LogP contribution is -2.24. The molecule has 0 aliphatic carbocycles. The van der Waals surface area contributed by atoms with Crippen molar-refractivity contribution in [3.05, 3.63) is 69.8 Å². The Hall–Kier alpha value is -1.82. The monoisotopic (exact) mass is 436 g/mol. The van der Waals surface area contributed by atoms with Gasteiger partial charge >= 0.3 is 5.97 Å². The average molecular weight is 436 g/mol. The van der Waals surface area contributed by atoms with Crippen LogP contribution in [0.2, 0.25) is 0 Å². The van der Waals surface area contributed by atoms with Crippen LogP contribution in [0, 0.1) is 3.57 Å². The van der Waals surface area contributed by atoms with Gasteiger partial charge in [-0.25, -0.2) is 4.79 Å². The number of hydrogen-bond donors (Lipinski definition) is 0. The van der Waals surface area contributed by atoms with E-state index in [0.29, 0.717) is 9.93 Å². The van der Waals surface area contributed by atoms with Crippen molar-refractivity contribution < 1.29 is 14.3 Å². The van der Waals surface area contributed by atoms with Crippen LogP contribution in [0.15, 0.2) is 60.7 Å². The minimum atomic E-state index is -0.821. The van der Waals surface area contributed by atoms with Gasteiger partial charge in [-0.05, 0) is 30.0 Å². The summed E-state index contributed by atoms with van der Waals surface area (Å²) in [6.45, 7) is 2.10. The molecule has 126 valence electrons. The van der Waals surface area contributed by atoms with Crippen molar-refractivity contribution in [1.82, 2.24) is 0 Å². The van der Waals surface area contributed by atoms with E-state index in [2.05, 4.69) is 19.1 Å². The van der Waals surface area contributed by atoms with E-state index in [0.717, 1.165) is 9.99 Å². The van der Waals surface area contributed by atoms with Gasteiger partial charge in [0, 0.05) is 9.99 Å². The number of hydrogen-bond acceptors (Lipinski definition) is 3. The lowest BCUT2D eigenvalue weighted by Gasteiger charge is -2.11. The quantitative estimate of drug-likeness (QED) is 0.369. The highest BCUT2D eigenvalue weighted by atomic mass is 127. The van der Waals surface area contributed by atoms with E-state index in [1.165, 1.54) is 12.7 Å². The van der Waals surface area contributed by atoms with Crippen LogP contribution in [-0.2, 0) is 14.3 Å². The van der Waals surface area contributed by atoms with Crippen LogP contribution in [0.4, 0.5) is 0 Å². The number of carbonyl (C=O) groups excluding carboxylic acids is 2. The van der Waals surface area contributed by atoms with E-state index >= 15 is 0 Å². The number of Topliss-reactive ketones (excluding diaryl/α,β-unsaturated/α-hetero) is 1. The molecule has 2 aromatic carbocycles. The summed E-state index contributed by atoms with van der Waals surface area (Å²) in [6.07, 6.45) is 1.09. The Bertz CT molecular complexity index is 708. The fraction of sp³-hybridized carbons (Fsp3) is 0.250. The SMILES string of the molecule is COC(=O)C(=Ic1ccccc1)C(=O)CC[C@@H](C)c1ccccc1. The average Bonchev–Trinajstić information content (AvgIpc) is 2.64. The number of carbonyl (C=O) groups is 2. The van der Waals surface area contributed by atoms with Crippen molar-refractivity contribution in [3.63, 3.8) is 0 Å². The fourth-order valence-corrected chi connectivity index (χ4v) is 4.70. The van der Waals surface area contributed by atoms with Crippen LogP contribution in [0.1, 0.15) is 31.2 Å². The normalized spacial score (nSPS) is 12.8. The molecule has 4 heteroatoms. The Morgan fingerprint density at radius 2 is 1.58 bits per heavy atom. The number of methoxy groups -OCH3 is 1. The molecule has 0 bridgehead atoms. The van der Waals surface area contributed by atoms with E-state index in [1.807, 2.05) is 48.5 Å². The Kier molecular flexibility index (Phi) is 7.31. The summed E-state index contributed by atoms with van der Waals surface area (Å²) in [6, 6.07) is 19.8. The molecule has 0 unspecified atom stereocenters. The number of ether oxygens (including phenoxy) is 1. The van der Waals surface area contributed by atoms with Gasteiger partial charge in [0.1, 0.15) is 3.51 Å². The maximum atomic E-state index is 12.6. The molecule has 0 fully saturated rings. The molecule has 24 heavy (non-hydrogen) atoms. The molecular formula is C20H21IO3. The third-order valence-electron chi connectivity index (χ3n) is 3.72. The van der Waals surface area contributed by atoms with Crippen molar-refractivity contribution in [2.45, 2.75) is 25.7 Å². The van der Waals surface area contributed by atoms with E-state index in [4.69, 9.17) is 4.74 Å². The Labute approximate surface area is 152 Å². The zero-order valence-electron chi connectivity index (χ0n) is 13.9. The third kappa shape index (κ3) is 5.37. The third-order valence-corrected chi connectivity index (χ3v) is 6.64. The molecule has 0 radical (unpaired) electrons. The first kappa shape index (κ1) is 18.5. The highest BCUT2D eigenvalue weighted by Gasteiger charge is 2.20. The predicted octanol–water partition coefficient (Wildman–Crippen LogP) is 4.33. The van der Waals surface area contributed by atoms with Gasteiger partial charge < -0.3 is 4.74 Å². The molecule has 0 heterocycles. The van der Waals surface area contributed by atoms with Gasteiger partial charge in [0.05, 0.1) is 7.11 Å². The summed E-state index contributed by atoms with van der Waals surface area (Å²) in [5, 5.41) is 0. The molecule has 0 saturated carbocycles. The van der Waals surface area contributed by atoms with Gasteiger partial charge in [-0.1, -0.05) is 76.2 Å². The molecule has 0 amide bonds. The highest BCUT2D eigenvalue weighted by molar-refractivity contribution is 14.2. The number of benzene rings is 2. The van der Waals surface area contributed by atoms with Crippen LogP contribution in [0.5, 0.6) is 0 Å². The molecule has 0 N–H and O–H groups in total. The fourth-order valence-electron chi connectivity index (χ4n) is 2.29. The van der Waals surface area contributed by atoms with E-state index in [-0.39, 0.29) is 11.7 Å². The van der Waals surface area contributed by atoms with Gasteiger partial charge in [0.2, 0.25) is 0 Å². The Balaban J connectivity index is 2.08. The summed E-state index contributed by atoms with van der Waals surface area (Å²) in [7, 11) is 1.33. The molecule has 0 aliphatic rings. The van der Waals surface area contributed by atoms with Crippen LogP contribution in [0.25, 0.3) is 0 Å². The van der Waals surface area contributed by atoms with Crippen LogP contribution >= 0.6 is 20.7 Å². The summed E-state index contributed by atoms with van der Waals surface area (Å²) in [4.78, 5) is 24.6. The van der Waals surface area contributed by atoms with Gasteiger partial charge in [-0.3, -0.25) is 4.79 Å². The zero-order chi connectivity index (χ0) is 17.4. The van der Waals surface area contributed by atoms with Gasteiger partial charge in [0.25, 0.3) is 0 Å². The summed E-state index contributed by atoms with van der Waals surface area (Å²) >= 11 is -0.821. The highest BCUT2D eigenvalue weighted by Crippen LogP contribution is 2.22. The molecule has 0 aromatic heterocycles. The number of ketones is 1. The minimum absolute atomic E-state index is 0.0821. The summed E-state index contributed by atoms with van der Waals surface area (Å²) < 4.78 is 6.21. The largest absolute Gasteiger partial charge is 0.465 e. The van der Waals surface area contributed by atoms with Gasteiger partial charge in [0.15, 0.2) is 5.78 Å². The molecule has 2 rings (SSSR count). The maximum Gasteiger partial charge on any atom is 0.347 e. The predicted molar refractivity (Wildman–Crippen MR) is 105 cm³/mol. The van der Waals surface area contributed by atoms with Crippen molar-refractivity contribution >= 4 is 36.0 Å². The molecule has 2 aromatic rings. The molecule has 0 saturated heterocycles. The van der Waals surface area contributed by atoms with E-state index < -0.39 is 26.7 Å². The molecular weight excluding hydrogens is 415 g/mol. The number of esters is 1. The zero-order valence-corrected chi connectivity index (χ0v) is 16.0. The lowest BCUT2D eigenvalue weighted by atomic mass is 9.95. The Morgan fingerprint density at radius 3 is 2.17 bits per heavy atom. The summed E-state index contributed by atoms with van der Waals surface area (Å²) in [5.41, 5.74) is 1.21. The van der Waals surface area contributed by atoms with Crippen molar-refractivity contribution in [3.8, 4) is 0 Å². The van der Waals surface area contributed by atoms with E-state index in [1.54, 1.807) is 0 Å². The van der Waals surface area contributed by atoms with Gasteiger partial charge in [-0.2, -0.15) is 0 Å². The number of rotatable bonds is 7. The van der Waals surface area contributed by atoms with Gasteiger partial charge in [-0.15, -0.1) is 0 Å². The number of halogens is 1. The molecule has 1 atom stereocenters. The first-order valence-electron chi connectivity index (χ1n) is 7.85. The topological polar surface area (TPSA) is 43.4 Å². The van der Waals surface area contributed by atoms with E-state index in [9.17, 15) is 9.59 Å². The second-order valence-electron chi connectivity index (χ2n) is 5.47. The Morgan fingerprint density at radius 1 is 1.00 bits per heavy atom. The van der Waals surface area contributed by atoms with Crippen molar-refractivity contribution in [1.29, 1.82) is 0 Å². The first-order valence-corrected chi connectivity index (χ1v) is 10.0. The molecule has 0 aliphatic heterocycles. The second-order valence-corrected chi connectivity index (χ2v) is 8.33. The first-order chi connectivity index (χ1) is 11.6. The maximum absolute atomic E-state index is 12.6. The lowest BCUT2D eigenvalue weighted by molar-refractivity contribution is -0.133. The van der Waals surface area contributed by atoms with Crippen molar-refractivity contribution in [2.75, 3.05) is 7.11 Å². The van der Waals surface area contributed by atoms with Crippen LogP contribution in [0.3, 0.4) is 0 Å². The second kappa shape index (κ2) is 9.47. The molecule has 0 spiro atoms.